The molecule has 0 saturated heterocycles. The van der Waals surface area contributed by atoms with E-state index in [0.29, 0.717) is 0 Å². The van der Waals surface area contributed by atoms with Gasteiger partial charge in [-0.25, -0.2) is 9.97 Å². The lowest BCUT2D eigenvalue weighted by Gasteiger charge is -2.10. The SMILES string of the molecule is Cc1cc(C)nc(Sc2ccc([C@H](C)N)c(Br)c2)n1. The van der Waals surface area contributed by atoms with E-state index in [1.165, 1.54) is 0 Å². The number of aromatic nitrogens is 2. The summed E-state index contributed by atoms with van der Waals surface area (Å²) in [6, 6.07) is 8.14. The summed E-state index contributed by atoms with van der Waals surface area (Å²) in [6.07, 6.45) is 0. The molecule has 0 fully saturated rings. The van der Waals surface area contributed by atoms with E-state index in [1.54, 1.807) is 11.8 Å². The van der Waals surface area contributed by atoms with Gasteiger partial charge in [0.1, 0.15) is 0 Å². The average Bonchev–Trinajstić information content (AvgIpc) is 2.26. The molecule has 2 rings (SSSR count). The Balaban J connectivity index is 2.26. The minimum absolute atomic E-state index is 0.0193. The topological polar surface area (TPSA) is 51.8 Å². The van der Waals surface area contributed by atoms with Gasteiger partial charge in [-0.3, -0.25) is 0 Å². The Labute approximate surface area is 126 Å². The number of hydrogen-bond donors (Lipinski definition) is 1. The monoisotopic (exact) mass is 337 g/mol. The quantitative estimate of drug-likeness (QED) is 0.859. The van der Waals surface area contributed by atoms with Crippen molar-refractivity contribution in [2.45, 2.75) is 36.9 Å². The molecule has 0 bridgehead atoms. The first kappa shape index (κ1) is 14.5. The zero-order valence-corrected chi connectivity index (χ0v) is 13.5. The Morgan fingerprint density at radius 1 is 1.16 bits per heavy atom. The second-order valence-corrected chi connectivity index (χ2v) is 6.40. The molecule has 0 aliphatic heterocycles. The van der Waals surface area contributed by atoms with E-state index < -0.39 is 0 Å². The molecule has 19 heavy (non-hydrogen) atoms. The summed E-state index contributed by atoms with van der Waals surface area (Å²) in [4.78, 5) is 9.96. The van der Waals surface area contributed by atoms with Crippen LogP contribution in [0.1, 0.15) is 29.9 Å². The molecule has 2 aromatic rings. The molecule has 0 aliphatic carbocycles. The van der Waals surface area contributed by atoms with Crippen molar-refractivity contribution < 1.29 is 0 Å². The van der Waals surface area contributed by atoms with E-state index >= 15 is 0 Å². The van der Waals surface area contributed by atoms with Gasteiger partial charge in [0.05, 0.1) is 0 Å². The highest BCUT2D eigenvalue weighted by Crippen LogP contribution is 2.31. The smallest absolute Gasteiger partial charge is 0.192 e. The van der Waals surface area contributed by atoms with Gasteiger partial charge >= 0.3 is 0 Å². The first-order chi connectivity index (χ1) is 8.95. The van der Waals surface area contributed by atoms with Gasteiger partial charge in [0.15, 0.2) is 5.16 Å². The third kappa shape index (κ3) is 3.78. The fourth-order valence-electron chi connectivity index (χ4n) is 1.79. The first-order valence-corrected chi connectivity index (χ1v) is 7.62. The highest BCUT2D eigenvalue weighted by molar-refractivity contribution is 9.10. The van der Waals surface area contributed by atoms with Gasteiger partial charge in [-0.05, 0) is 56.3 Å². The summed E-state index contributed by atoms with van der Waals surface area (Å²) in [7, 11) is 0. The average molecular weight is 338 g/mol. The second-order valence-electron chi connectivity index (χ2n) is 4.51. The summed E-state index contributed by atoms with van der Waals surface area (Å²) in [5, 5.41) is 0.776. The van der Waals surface area contributed by atoms with E-state index in [9.17, 15) is 0 Å². The van der Waals surface area contributed by atoms with Gasteiger partial charge in [-0.15, -0.1) is 0 Å². The summed E-state index contributed by atoms with van der Waals surface area (Å²) in [5.74, 6) is 0. The maximum atomic E-state index is 5.90. The summed E-state index contributed by atoms with van der Waals surface area (Å²) >= 11 is 5.11. The Kier molecular flexibility index (Phi) is 4.60. The number of nitrogens with zero attached hydrogens (tertiary/aromatic N) is 2. The van der Waals surface area contributed by atoms with Crippen LogP contribution in [0.3, 0.4) is 0 Å². The van der Waals surface area contributed by atoms with E-state index in [0.717, 1.165) is 31.5 Å². The van der Waals surface area contributed by atoms with Crippen LogP contribution in [0.25, 0.3) is 0 Å². The van der Waals surface area contributed by atoms with Crippen LogP contribution in [-0.4, -0.2) is 9.97 Å². The van der Waals surface area contributed by atoms with Crippen LogP contribution in [0, 0.1) is 13.8 Å². The Hall–Kier alpha value is -0.910. The summed E-state index contributed by atoms with van der Waals surface area (Å²) < 4.78 is 1.02. The first-order valence-electron chi connectivity index (χ1n) is 6.01. The molecule has 100 valence electrons. The van der Waals surface area contributed by atoms with Crippen molar-refractivity contribution >= 4 is 27.7 Å². The zero-order chi connectivity index (χ0) is 14.0. The predicted octanol–water partition coefficient (Wildman–Crippen LogP) is 4.03. The van der Waals surface area contributed by atoms with E-state index in [2.05, 4.69) is 38.0 Å². The van der Waals surface area contributed by atoms with Gasteiger partial charge in [-0.2, -0.15) is 0 Å². The molecule has 1 atom stereocenters. The van der Waals surface area contributed by atoms with Gasteiger partial charge in [0.2, 0.25) is 0 Å². The van der Waals surface area contributed by atoms with E-state index in [1.807, 2.05) is 32.9 Å². The molecule has 0 amide bonds. The van der Waals surface area contributed by atoms with Crippen LogP contribution in [-0.2, 0) is 0 Å². The Morgan fingerprint density at radius 2 is 1.79 bits per heavy atom. The fraction of sp³-hybridized carbons (Fsp3) is 0.286. The van der Waals surface area contributed by atoms with Crippen molar-refractivity contribution in [3.8, 4) is 0 Å². The maximum absolute atomic E-state index is 5.90. The van der Waals surface area contributed by atoms with Crippen LogP contribution in [0.4, 0.5) is 0 Å². The number of halogens is 1. The number of rotatable bonds is 3. The number of hydrogen-bond acceptors (Lipinski definition) is 4. The molecule has 2 N–H and O–H groups in total. The van der Waals surface area contributed by atoms with Crippen LogP contribution in [0.2, 0.25) is 0 Å². The fourth-order valence-corrected chi connectivity index (χ4v) is 3.58. The van der Waals surface area contributed by atoms with Crippen molar-refractivity contribution in [1.29, 1.82) is 0 Å². The van der Waals surface area contributed by atoms with Crippen molar-refractivity contribution in [1.82, 2.24) is 9.97 Å². The summed E-state index contributed by atoms with van der Waals surface area (Å²) in [5.41, 5.74) is 8.97. The lowest BCUT2D eigenvalue weighted by Crippen LogP contribution is -2.05. The molecule has 0 spiro atoms. The highest BCUT2D eigenvalue weighted by atomic mass is 79.9. The van der Waals surface area contributed by atoms with Gasteiger partial charge in [0, 0.05) is 26.8 Å². The molecule has 0 radical (unpaired) electrons. The van der Waals surface area contributed by atoms with Crippen LogP contribution < -0.4 is 5.73 Å². The molecule has 1 aromatic heterocycles. The van der Waals surface area contributed by atoms with Crippen LogP contribution in [0.5, 0.6) is 0 Å². The van der Waals surface area contributed by atoms with E-state index in [4.69, 9.17) is 5.73 Å². The van der Waals surface area contributed by atoms with Gasteiger partial charge < -0.3 is 5.73 Å². The molecule has 0 aliphatic rings. The lowest BCUT2D eigenvalue weighted by molar-refractivity contribution is 0.811. The molecule has 0 saturated carbocycles. The molecule has 3 nitrogen and oxygen atoms in total. The number of benzene rings is 1. The molecule has 5 heteroatoms. The number of aryl methyl sites for hydroxylation is 2. The normalized spacial score (nSPS) is 12.5. The molecule has 1 heterocycles. The second kappa shape index (κ2) is 6.03. The third-order valence-electron chi connectivity index (χ3n) is 2.63. The van der Waals surface area contributed by atoms with Crippen molar-refractivity contribution in [3.05, 3.63) is 45.7 Å². The predicted molar refractivity (Wildman–Crippen MR) is 82.4 cm³/mol. The lowest BCUT2D eigenvalue weighted by atomic mass is 10.1. The third-order valence-corrected chi connectivity index (χ3v) is 4.17. The highest BCUT2D eigenvalue weighted by Gasteiger charge is 2.08. The minimum atomic E-state index is 0.0193. The number of nitrogens with two attached hydrogens (primary N) is 1. The van der Waals surface area contributed by atoms with Crippen molar-refractivity contribution in [2.24, 2.45) is 5.73 Å². The molecular weight excluding hydrogens is 322 g/mol. The van der Waals surface area contributed by atoms with Crippen molar-refractivity contribution in [2.75, 3.05) is 0 Å². The Bertz CT molecular complexity index is 579. The van der Waals surface area contributed by atoms with Crippen molar-refractivity contribution in [3.63, 3.8) is 0 Å². The van der Waals surface area contributed by atoms with Crippen LogP contribution >= 0.6 is 27.7 Å². The molecule has 0 unspecified atom stereocenters. The molecular formula is C14H16BrN3S. The maximum Gasteiger partial charge on any atom is 0.192 e. The standard InChI is InChI=1S/C14H16BrN3S/c1-8-6-9(2)18-14(17-8)19-11-4-5-12(10(3)16)13(15)7-11/h4-7,10H,16H2,1-3H3/t10-/m0/s1. The largest absolute Gasteiger partial charge is 0.324 e. The van der Waals surface area contributed by atoms with Gasteiger partial charge in [-0.1, -0.05) is 22.0 Å². The minimum Gasteiger partial charge on any atom is -0.324 e. The summed E-state index contributed by atoms with van der Waals surface area (Å²) in [6.45, 7) is 5.93. The van der Waals surface area contributed by atoms with Crippen LogP contribution in [0.15, 0.2) is 38.8 Å². The molecule has 1 aromatic carbocycles. The zero-order valence-electron chi connectivity index (χ0n) is 11.1. The van der Waals surface area contributed by atoms with Gasteiger partial charge in [0.25, 0.3) is 0 Å². The van der Waals surface area contributed by atoms with E-state index in [-0.39, 0.29) is 6.04 Å². The Morgan fingerprint density at radius 3 is 2.32 bits per heavy atom.